The van der Waals surface area contributed by atoms with E-state index in [1.807, 2.05) is 26.8 Å². The predicted molar refractivity (Wildman–Crippen MR) is 81.0 cm³/mol. The van der Waals surface area contributed by atoms with Gasteiger partial charge in [-0.2, -0.15) is 0 Å². The van der Waals surface area contributed by atoms with Gasteiger partial charge >= 0.3 is 5.63 Å². The van der Waals surface area contributed by atoms with Gasteiger partial charge in [0.1, 0.15) is 11.3 Å². The van der Waals surface area contributed by atoms with Crippen molar-refractivity contribution >= 4 is 11.0 Å². The fourth-order valence-electron chi connectivity index (χ4n) is 2.10. The average molecular weight is 270 g/mol. The van der Waals surface area contributed by atoms with Crippen LogP contribution in [0.2, 0.25) is 0 Å². The summed E-state index contributed by atoms with van der Waals surface area (Å²) >= 11 is 0. The molecular weight excluding hydrogens is 252 g/mol. The van der Waals surface area contributed by atoms with Crippen molar-refractivity contribution in [3.8, 4) is 5.75 Å². The van der Waals surface area contributed by atoms with Crippen LogP contribution >= 0.6 is 0 Å². The smallest absolute Gasteiger partial charge is 0.336 e. The normalized spacial score (nSPS) is 11.7. The number of allylic oxidation sites excluding steroid dienone is 4. The van der Waals surface area contributed by atoms with Crippen molar-refractivity contribution in [1.29, 1.82) is 0 Å². The number of benzene rings is 1. The molecule has 2 aromatic rings. The van der Waals surface area contributed by atoms with Crippen LogP contribution in [0.3, 0.4) is 0 Å². The highest BCUT2D eigenvalue weighted by molar-refractivity contribution is 5.79. The van der Waals surface area contributed by atoms with E-state index in [1.165, 1.54) is 17.7 Å². The first kappa shape index (κ1) is 14.1. The zero-order valence-corrected chi connectivity index (χ0v) is 11.9. The molecule has 0 radical (unpaired) electrons. The zero-order chi connectivity index (χ0) is 14.7. The van der Waals surface area contributed by atoms with Crippen LogP contribution in [0, 0.1) is 0 Å². The number of hydrogen-bond donors (Lipinski definition) is 1. The summed E-state index contributed by atoms with van der Waals surface area (Å²) < 4.78 is 5.04. The summed E-state index contributed by atoms with van der Waals surface area (Å²) in [6.45, 7) is 6.13. The largest absolute Gasteiger partial charge is 0.508 e. The van der Waals surface area contributed by atoms with E-state index in [0.717, 1.165) is 16.5 Å². The lowest BCUT2D eigenvalue weighted by Crippen LogP contribution is -1.95. The van der Waals surface area contributed by atoms with E-state index in [-0.39, 0.29) is 5.75 Å². The average Bonchev–Trinajstić information content (AvgIpc) is 2.35. The van der Waals surface area contributed by atoms with Gasteiger partial charge in [0.15, 0.2) is 0 Å². The highest BCUT2D eigenvalue weighted by Crippen LogP contribution is 2.25. The quantitative estimate of drug-likeness (QED) is 0.678. The molecule has 0 spiro atoms. The second-order valence-electron chi connectivity index (χ2n) is 5.15. The molecule has 0 unspecified atom stereocenters. The second kappa shape index (κ2) is 5.78. The summed E-state index contributed by atoms with van der Waals surface area (Å²) in [6.07, 6.45) is 4.79. The molecule has 0 saturated carbocycles. The van der Waals surface area contributed by atoms with Crippen molar-refractivity contribution in [2.24, 2.45) is 0 Å². The Labute approximate surface area is 117 Å². The standard InChI is InChI=1S/C17H18O3/c1-11(2)8-12(3)4-5-13-9-14-6-7-17(19)20-16(14)10-15(13)18/h4,6-10,18H,5H2,1-3H3. The molecule has 0 aliphatic carbocycles. The molecule has 0 atom stereocenters. The third-order valence-corrected chi connectivity index (χ3v) is 2.98. The van der Waals surface area contributed by atoms with Gasteiger partial charge in [-0.05, 0) is 44.9 Å². The lowest BCUT2D eigenvalue weighted by atomic mass is 10.1. The molecule has 3 nitrogen and oxygen atoms in total. The van der Waals surface area contributed by atoms with Crippen molar-refractivity contribution in [3.05, 3.63) is 63.5 Å². The summed E-state index contributed by atoms with van der Waals surface area (Å²) in [5.74, 6) is 0.146. The molecule has 3 heteroatoms. The third-order valence-electron chi connectivity index (χ3n) is 2.98. The van der Waals surface area contributed by atoms with Gasteiger partial charge in [0.05, 0.1) is 0 Å². The molecule has 1 N–H and O–H groups in total. The molecule has 0 saturated heterocycles. The Hall–Kier alpha value is -2.29. The first-order valence-corrected chi connectivity index (χ1v) is 6.53. The molecule has 2 rings (SSSR count). The first-order chi connectivity index (χ1) is 9.45. The van der Waals surface area contributed by atoms with Gasteiger partial charge in [-0.1, -0.05) is 23.3 Å². The van der Waals surface area contributed by atoms with Crippen LogP contribution in [0.4, 0.5) is 0 Å². The molecule has 1 heterocycles. The van der Waals surface area contributed by atoms with Crippen molar-refractivity contribution in [2.45, 2.75) is 27.2 Å². The SMILES string of the molecule is CC(C)=CC(C)=CCc1cc2ccc(=O)oc2cc1O. The summed E-state index contributed by atoms with van der Waals surface area (Å²) in [5.41, 5.74) is 3.20. The van der Waals surface area contributed by atoms with E-state index in [1.54, 1.807) is 6.07 Å². The van der Waals surface area contributed by atoms with E-state index in [4.69, 9.17) is 4.42 Å². The number of rotatable bonds is 3. The van der Waals surface area contributed by atoms with Crippen LogP contribution in [-0.2, 0) is 6.42 Å². The molecule has 0 bridgehead atoms. The maximum absolute atomic E-state index is 11.1. The van der Waals surface area contributed by atoms with Crippen molar-refractivity contribution in [3.63, 3.8) is 0 Å². The minimum atomic E-state index is -0.413. The highest BCUT2D eigenvalue weighted by atomic mass is 16.4. The Morgan fingerprint density at radius 3 is 2.70 bits per heavy atom. The summed E-state index contributed by atoms with van der Waals surface area (Å²) in [4.78, 5) is 11.1. The molecule has 0 aliphatic heterocycles. The molecule has 1 aromatic heterocycles. The molecule has 1 aromatic carbocycles. The maximum atomic E-state index is 11.1. The lowest BCUT2D eigenvalue weighted by Gasteiger charge is -2.04. The fraction of sp³-hybridized carbons (Fsp3) is 0.235. The molecule has 104 valence electrons. The van der Waals surface area contributed by atoms with Crippen LogP contribution in [0.1, 0.15) is 26.3 Å². The van der Waals surface area contributed by atoms with Gasteiger partial charge in [0, 0.05) is 17.5 Å². The lowest BCUT2D eigenvalue weighted by molar-refractivity contribution is 0.467. The molecule has 20 heavy (non-hydrogen) atoms. The van der Waals surface area contributed by atoms with Crippen molar-refractivity contribution in [2.75, 3.05) is 0 Å². The Balaban J connectivity index is 2.36. The van der Waals surface area contributed by atoms with Gasteiger partial charge in [-0.3, -0.25) is 0 Å². The Kier molecular flexibility index (Phi) is 4.08. The number of hydrogen-bond acceptors (Lipinski definition) is 3. The molecule has 0 amide bonds. The monoisotopic (exact) mass is 270 g/mol. The van der Waals surface area contributed by atoms with Gasteiger partial charge < -0.3 is 9.52 Å². The summed E-state index contributed by atoms with van der Waals surface area (Å²) in [5, 5.41) is 10.8. The highest BCUT2D eigenvalue weighted by Gasteiger charge is 2.05. The van der Waals surface area contributed by atoms with E-state index in [9.17, 15) is 9.90 Å². The van der Waals surface area contributed by atoms with Crippen LogP contribution in [0.5, 0.6) is 5.75 Å². The van der Waals surface area contributed by atoms with E-state index in [0.29, 0.717) is 12.0 Å². The van der Waals surface area contributed by atoms with Crippen LogP contribution < -0.4 is 5.63 Å². The third kappa shape index (κ3) is 3.38. The van der Waals surface area contributed by atoms with Crippen LogP contribution in [0.15, 0.2) is 56.8 Å². The predicted octanol–water partition coefficient (Wildman–Crippen LogP) is 3.95. The Morgan fingerprint density at radius 2 is 2.00 bits per heavy atom. The minimum absolute atomic E-state index is 0.146. The van der Waals surface area contributed by atoms with Gasteiger partial charge in [0.25, 0.3) is 0 Å². The van der Waals surface area contributed by atoms with Crippen molar-refractivity contribution in [1.82, 2.24) is 0 Å². The maximum Gasteiger partial charge on any atom is 0.336 e. The fourth-order valence-corrected chi connectivity index (χ4v) is 2.10. The second-order valence-corrected chi connectivity index (χ2v) is 5.15. The number of phenolic OH excluding ortho intramolecular Hbond substituents is 1. The van der Waals surface area contributed by atoms with E-state index < -0.39 is 5.63 Å². The van der Waals surface area contributed by atoms with Crippen molar-refractivity contribution < 1.29 is 9.52 Å². The Bertz CT molecular complexity index is 744. The first-order valence-electron chi connectivity index (χ1n) is 6.53. The zero-order valence-electron chi connectivity index (χ0n) is 11.9. The summed E-state index contributed by atoms with van der Waals surface area (Å²) in [7, 11) is 0. The number of phenols is 1. The summed E-state index contributed by atoms with van der Waals surface area (Å²) in [6, 6.07) is 6.43. The van der Waals surface area contributed by atoms with Crippen LogP contribution in [0.25, 0.3) is 11.0 Å². The topological polar surface area (TPSA) is 50.4 Å². The van der Waals surface area contributed by atoms with Gasteiger partial charge in [-0.15, -0.1) is 0 Å². The molecular formula is C17H18O3. The van der Waals surface area contributed by atoms with E-state index >= 15 is 0 Å². The van der Waals surface area contributed by atoms with Crippen LogP contribution in [-0.4, -0.2) is 5.11 Å². The number of aromatic hydroxyl groups is 1. The molecule has 0 aliphatic rings. The molecule has 0 fully saturated rings. The Morgan fingerprint density at radius 1 is 1.25 bits per heavy atom. The van der Waals surface area contributed by atoms with Gasteiger partial charge in [0.2, 0.25) is 0 Å². The van der Waals surface area contributed by atoms with Gasteiger partial charge in [-0.25, -0.2) is 4.79 Å². The minimum Gasteiger partial charge on any atom is -0.508 e. The number of fused-ring (bicyclic) bond motifs is 1. The van der Waals surface area contributed by atoms with E-state index in [2.05, 4.69) is 12.2 Å².